The Balaban J connectivity index is 2.67. The van der Waals surface area contributed by atoms with Gasteiger partial charge in [-0.15, -0.1) is 0 Å². The summed E-state index contributed by atoms with van der Waals surface area (Å²) in [7, 11) is -2.62. The van der Waals surface area contributed by atoms with Gasteiger partial charge in [-0.2, -0.15) is 4.36 Å². The van der Waals surface area contributed by atoms with Crippen molar-refractivity contribution in [2.75, 3.05) is 11.5 Å². The largest absolute Gasteiger partial charge is 0.478 e. The van der Waals surface area contributed by atoms with Crippen LogP contribution in [0.2, 0.25) is 5.02 Å². The van der Waals surface area contributed by atoms with E-state index in [1.54, 1.807) is 0 Å². The molecule has 0 saturated carbocycles. The first-order valence-electron chi connectivity index (χ1n) is 6.27. The Bertz CT molecular complexity index is 713. The van der Waals surface area contributed by atoms with Crippen LogP contribution < -0.4 is 0 Å². The molecule has 0 bridgehead atoms. The minimum atomic E-state index is -2.62. The maximum atomic E-state index is 12.6. The molecule has 9 heteroatoms. The van der Waals surface area contributed by atoms with Gasteiger partial charge in [0, 0.05) is 17.6 Å². The van der Waals surface area contributed by atoms with Crippen LogP contribution in [-0.4, -0.2) is 31.7 Å². The average molecular weight is 333 g/mol. The van der Waals surface area contributed by atoms with Gasteiger partial charge in [0.25, 0.3) is 5.69 Å². The number of aromatic carboxylic acids is 1. The maximum absolute atomic E-state index is 12.6. The van der Waals surface area contributed by atoms with Crippen molar-refractivity contribution in [2.45, 2.75) is 19.3 Å². The highest BCUT2D eigenvalue weighted by atomic mass is 35.5. The monoisotopic (exact) mass is 332 g/mol. The molecule has 7 nitrogen and oxygen atoms in total. The molecular formula is C12H13ClN2O5S. The van der Waals surface area contributed by atoms with Crippen LogP contribution in [0, 0.1) is 10.1 Å². The highest BCUT2D eigenvalue weighted by Crippen LogP contribution is 2.39. The second kappa shape index (κ2) is 5.98. The van der Waals surface area contributed by atoms with E-state index in [2.05, 4.69) is 4.36 Å². The van der Waals surface area contributed by atoms with Gasteiger partial charge in [0.1, 0.15) is 0 Å². The van der Waals surface area contributed by atoms with E-state index >= 15 is 0 Å². The first kappa shape index (κ1) is 15.7. The van der Waals surface area contributed by atoms with Crippen LogP contribution in [0.5, 0.6) is 0 Å². The number of rotatable bonds is 3. The van der Waals surface area contributed by atoms with E-state index in [1.165, 1.54) is 0 Å². The Hall–Kier alpha value is -1.67. The highest BCUT2D eigenvalue weighted by Gasteiger charge is 2.25. The van der Waals surface area contributed by atoms with E-state index in [1.807, 2.05) is 0 Å². The van der Waals surface area contributed by atoms with E-state index in [0.29, 0.717) is 11.5 Å². The normalized spacial score (nSPS) is 17.2. The maximum Gasteiger partial charge on any atom is 0.337 e. The lowest BCUT2D eigenvalue weighted by Crippen LogP contribution is -2.16. The lowest BCUT2D eigenvalue weighted by Gasteiger charge is -2.15. The van der Waals surface area contributed by atoms with Gasteiger partial charge in [0.15, 0.2) is 5.69 Å². The number of carboxylic acid groups (broad SMARTS) is 1. The summed E-state index contributed by atoms with van der Waals surface area (Å²) in [6.07, 6.45) is 2.40. The molecule has 0 radical (unpaired) electrons. The van der Waals surface area contributed by atoms with Gasteiger partial charge in [-0.1, -0.05) is 18.0 Å². The second-order valence-electron chi connectivity index (χ2n) is 4.69. The van der Waals surface area contributed by atoms with Crippen molar-refractivity contribution < 1.29 is 19.0 Å². The van der Waals surface area contributed by atoms with Gasteiger partial charge in [-0.3, -0.25) is 10.1 Å². The summed E-state index contributed by atoms with van der Waals surface area (Å²) in [6, 6.07) is 2.08. The first-order chi connectivity index (χ1) is 9.84. The Morgan fingerprint density at radius 2 is 1.95 bits per heavy atom. The molecule has 0 unspecified atom stereocenters. The Morgan fingerprint density at radius 3 is 2.48 bits per heavy atom. The number of nitro groups is 1. The number of nitro benzene ring substituents is 1. The van der Waals surface area contributed by atoms with E-state index in [0.717, 1.165) is 31.4 Å². The molecule has 0 aromatic heterocycles. The number of carboxylic acids is 1. The predicted octanol–water partition coefficient (Wildman–Crippen LogP) is 3.23. The van der Waals surface area contributed by atoms with Crippen molar-refractivity contribution in [2.24, 2.45) is 4.36 Å². The van der Waals surface area contributed by atoms with Crippen LogP contribution in [0.3, 0.4) is 0 Å². The molecule has 0 atom stereocenters. The van der Waals surface area contributed by atoms with Gasteiger partial charge in [0.05, 0.1) is 25.2 Å². The Kier molecular flexibility index (Phi) is 4.48. The zero-order valence-electron chi connectivity index (χ0n) is 11.0. The van der Waals surface area contributed by atoms with Gasteiger partial charge < -0.3 is 5.11 Å². The van der Waals surface area contributed by atoms with Gasteiger partial charge in [-0.25, -0.2) is 9.00 Å². The lowest BCUT2D eigenvalue weighted by atomic mass is 10.2. The van der Waals surface area contributed by atoms with E-state index < -0.39 is 26.3 Å². The molecule has 1 aliphatic heterocycles. The summed E-state index contributed by atoms with van der Waals surface area (Å²) in [5.41, 5.74) is -1.02. The minimum Gasteiger partial charge on any atom is -0.478 e. The van der Waals surface area contributed by atoms with E-state index in [9.17, 15) is 19.1 Å². The summed E-state index contributed by atoms with van der Waals surface area (Å²) in [5, 5.41) is 19.7. The highest BCUT2D eigenvalue weighted by molar-refractivity contribution is 7.93. The molecule has 1 aromatic rings. The van der Waals surface area contributed by atoms with Crippen molar-refractivity contribution in [3.63, 3.8) is 0 Å². The molecule has 114 valence electrons. The summed E-state index contributed by atoms with van der Waals surface area (Å²) in [5.74, 6) is -0.625. The number of hydrogen-bond donors (Lipinski definition) is 1. The van der Waals surface area contributed by atoms with E-state index in [4.69, 9.17) is 16.7 Å². The molecule has 2 rings (SSSR count). The Labute approximate surface area is 126 Å². The number of benzene rings is 1. The van der Waals surface area contributed by atoms with Crippen LogP contribution in [0.25, 0.3) is 0 Å². The zero-order chi connectivity index (χ0) is 15.6. The first-order valence-corrected chi connectivity index (χ1v) is 8.50. The lowest BCUT2D eigenvalue weighted by molar-refractivity contribution is -0.384. The number of hydrogen-bond acceptors (Lipinski definition) is 5. The third-order valence-corrected chi connectivity index (χ3v) is 5.96. The molecular weight excluding hydrogens is 320 g/mol. The number of halogens is 1. The molecule has 1 aromatic carbocycles. The van der Waals surface area contributed by atoms with Crippen molar-refractivity contribution in [3.8, 4) is 0 Å². The second-order valence-corrected chi connectivity index (χ2v) is 7.61. The van der Waals surface area contributed by atoms with Crippen molar-refractivity contribution in [3.05, 3.63) is 32.8 Å². The van der Waals surface area contributed by atoms with Gasteiger partial charge in [-0.05, 0) is 18.9 Å². The Morgan fingerprint density at radius 1 is 1.33 bits per heavy atom. The topological polar surface area (TPSA) is 110 Å². The van der Waals surface area contributed by atoms with Crippen LogP contribution in [-0.2, 0) is 9.73 Å². The number of nitrogens with zero attached hydrogens (tertiary/aromatic N) is 2. The smallest absolute Gasteiger partial charge is 0.337 e. The van der Waals surface area contributed by atoms with Crippen LogP contribution >= 0.6 is 11.6 Å². The molecule has 1 saturated heterocycles. The van der Waals surface area contributed by atoms with Crippen LogP contribution in [0.15, 0.2) is 16.5 Å². The summed E-state index contributed by atoms with van der Waals surface area (Å²) < 4.78 is 16.6. The standard InChI is InChI=1S/C12H13ClN2O5S/c13-10-8(12(16)17)4-5-9(15(18)19)11(10)14-21(20)6-2-1-3-7-21/h4-5H,1-3,6-7H2,(H,16,17). The van der Waals surface area contributed by atoms with Crippen LogP contribution in [0.4, 0.5) is 11.4 Å². The third-order valence-electron chi connectivity index (χ3n) is 3.21. The molecule has 21 heavy (non-hydrogen) atoms. The molecule has 0 spiro atoms. The number of carbonyl (C=O) groups is 1. The average Bonchev–Trinajstić information content (AvgIpc) is 2.40. The molecule has 1 N–H and O–H groups in total. The van der Waals surface area contributed by atoms with Gasteiger partial charge in [0.2, 0.25) is 0 Å². The fraction of sp³-hybridized carbons (Fsp3) is 0.417. The summed E-state index contributed by atoms with van der Waals surface area (Å²) in [4.78, 5) is 21.4. The minimum absolute atomic E-state index is 0.292. The third kappa shape index (κ3) is 3.33. The van der Waals surface area contributed by atoms with E-state index in [-0.39, 0.29) is 16.3 Å². The molecule has 1 aliphatic rings. The fourth-order valence-corrected chi connectivity index (χ4v) is 4.69. The van der Waals surface area contributed by atoms with Crippen LogP contribution in [0.1, 0.15) is 29.6 Å². The van der Waals surface area contributed by atoms with Gasteiger partial charge >= 0.3 is 5.97 Å². The molecule has 1 heterocycles. The van der Waals surface area contributed by atoms with Crippen molar-refractivity contribution >= 4 is 38.7 Å². The summed E-state index contributed by atoms with van der Waals surface area (Å²) in [6.45, 7) is 0. The predicted molar refractivity (Wildman–Crippen MR) is 78.9 cm³/mol. The van der Waals surface area contributed by atoms with Crippen molar-refractivity contribution in [1.82, 2.24) is 0 Å². The quantitative estimate of drug-likeness (QED) is 0.674. The zero-order valence-corrected chi connectivity index (χ0v) is 12.5. The molecule has 0 amide bonds. The fourth-order valence-electron chi connectivity index (χ4n) is 2.15. The summed E-state index contributed by atoms with van der Waals surface area (Å²) >= 11 is 5.93. The molecule has 0 aliphatic carbocycles. The SMILES string of the molecule is O=C(O)c1ccc([N+](=O)[O-])c(N=S2(=O)CCCCC2)c1Cl. The van der Waals surface area contributed by atoms with Crippen molar-refractivity contribution in [1.29, 1.82) is 0 Å². The molecule has 1 fully saturated rings.